The Morgan fingerprint density at radius 2 is 1.90 bits per heavy atom. The maximum atomic E-state index is 12.5. The highest BCUT2D eigenvalue weighted by Crippen LogP contribution is 2.49. The molecule has 1 unspecified atom stereocenters. The van der Waals surface area contributed by atoms with Gasteiger partial charge in [0.05, 0.1) is 44.1 Å². The van der Waals surface area contributed by atoms with Crippen molar-refractivity contribution in [3.05, 3.63) is 72.8 Å². The Hall–Kier alpha value is -1.77. The van der Waals surface area contributed by atoms with E-state index in [0.29, 0.717) is 18.2 Å². The molecule has 0 radical (unpaired) electrons. The largest absolute Gasteiger partial charge is 1.00 e. The molecule has 4 nitrogen and oxygen atoms in total. The summed E-state index contributed by atoms with van der Waals surface area (Å²) in [5.74, 6) is -0.0631. The fraction of sp³-hybridized carbons (Fsp3) is 0.292. The molecule has 0 spiro atoms. The van der Waals surface area contributed by atoms with E-state index in [0.717, 1.165) is 29.8 Å². The summed E-state index contributed by atoms with van der Waals surface area (Å²) in [7, 11) is 2.32. The molecule has 0 aromatic heterocycles. The van der Waals surface area contributed by atoms with Crippen molar-refractivity contribution in [2.24, 2.45) is 0 Å². The minimum atomic E-state index is -0.0631. The number of rotatable bonds is 6. The van der Waals surface area contributed by atoms with Gasteiger partial charge in [0.15, 0.2) is 0 Å². The molecule has 1 N–H and O–H groups in total. The SMILES string of the molecule is C=CCNC(=O)c1ccc2c(c1)N(C(C)C[N+]1(C)CC=CC1)c1ccccc1S2.[I-]. The second-order valence-corrected chi connectivity index (χ2v) is 9.19. The third-order valence-corrected chi connectivity index (χ3v) is 6.77. The first-order chi connectivity index (χ1) is 14.0. The highest BCUT2D eigenvalue weighted by molar-refractivity contribution is 7.99. The molecule has 1 atom stereocenters. The number of benzene rings is 2. The number of nitrogens with zero attached hydrogens (tertiary/aromatic N) is 2. The number of halogens is 1. The van der Waals surface area contributed by atoms with E-state index in [-0.39, 0.29) is 29.9 Å². The third kappa shape index (κ3) is 4.60. The molecule has 2 aromatic carbocycles. The minimum Gasteiger partial charge on any atom is -1.00 e. The van der Waals surface area contributed by atoms with E-state index in [1.807, 2.05) is 12.1 Å². The molecule has 158 valence electrons. The first kappa shape index (κ1) is 22.9. The molecule has 2 aliphatic heterocycles. The van der Waals surface area contributed by atoms with E-state index in [9.17, 15) is 4.79 Å². The number of quaternary nitrogens is 1. The first-order valence-corrected chi connectivity index (χ1v) is 10.9. The van der Waals surface area contributed by atoms with Gasteiger partial charge < -0.3 is 38.7 Å². The molecule has 0 bridgehead atoms. The van der Waals surface area contributed by atoms with Gasteiger partial charge in [0, 0.05) is 21.9 Å². The number of anilines is 2. The zero-order valence-electron chi connectivity index (χ0n) is 17.5. The van der Waals surface area contributed by atoms with Crippen LogP contribution in [0.5, 0.6) is 0 Å². The van der Waals surface area contributed by atoms with Gasteiger partial charge >= 0.3 is 0 Å². The van der Waals surface area contributed by atoms with Crippen LogP contribution in [-0.4, -0.2) is 49.7 Å². The zero-order chi connectivity index (χ0) is 20.4. The van der Waals surface area contributed by atoms with Crippen molar-refractivity contribution in [2.75, 3.05) is 38.1 Å². The lowest BCUT2D eigenvalue weighted by Crippen LogP contribution is -3.00. The van der Waals surface area contributed by atoms with Gasteiger partial charge in [0.25, 0.3) is 5.91 Å². The number of nitrogens with one attached hydrogen (secondary N) is 1. The molecule has 2 aliphatic rings. The Balaban J connectivity index is 0.00000256. The topological polar surface area (TPSA) is 32.3 Å². The number of likely N-dealkylation sites (N-methyl/N-ethyl adjacent to an activating group) is 1. The number of para-hydroxylation sites is 1. The van der Waals surface area contributed by atoms with E-state index in [2.05, 4.69) is 73.3 Å². The van der Waals surface area contributed by atoms with Crippen molar-refractivity contribution >= 4 is 29.0 Å². The molecule has 1 amide bonds. The maximum absolute atomic E-state index is 12.5. The van der Waals surface area contributed by atoms with Crippen LogP contribution >= 0.6 is 11.8 Å². The molecule has 0 aliphatic carbocycles. The van der Waals surface area contributed by atoms with Crippen LogP contribution in [0.25, 0.3) is 0 Å². The summed E-state index contributed by atoms with van der Waals surface area (Å²) >= 11 is 1.78. The number of amides is 1. The summed E-state index contributed by atoms with van der Waals surface area (Å²) in [4.78, 5) is 17.4. The van der Waals surface area contributed by atoms with Gasteiger partial charge in [-0.1, -0.05) is 30.0 Å². The van der Waals surface area contributed by atoms with E-state index < -0.39 is 0 Å². The molecule has 0 saturated carbocycles. The second kappa shape index (κ2) is 9.58. The number of hydrogen-bond donors (Lipinski definition) is 1. The molecular weight excluding hydrogens is 505 g/mol. The Morgan fingerprint density at radius 1 is 1.20 bits per heavy atom. The summed E-state index contributed by atoms with van der Waals surface area (Å²) in [6.45, 7) is 9.63. The van der Waals surface area contributed by atoms with E-state index in [1.54, 1.807) is 17.8 Å². The Labute approximate surface area is 200 Å². The first-order valence-electron chi connectivity index (χ1n) is 10.1. The molecular formula is C24H28IN3OS. The van der Waals surface area contributed by atoms with Gasteiger partial charge in [-0.2, -0.15) is 0 Å². The number of fused-ring (bicyclic) bond motifs is 2. The highest BCUT2D eigenvalue weighted by Gasteiger charge is 2.33. The van der Waals surface area contributed by atoms with Crippen molar-refractivity contribution in [1.29, 1.82) is 0 Å². The Bertz CT molecular complexity index is 967. The number of carbonyl (C=O) groups excluding carboxylic acids is 1. The minimum absolute atomic E-state index is 0. The van der Waals surface area contributed by atoms with Crippen molar-refractivity contribution < 1.29 is 33.3 Å². The molecule has 6 heteroatoms. The standard InChI is InChI=1S/C24H27N3OS.HI/c1-4-13-25-24(28)19-11-12-23-21(16-19)26(20-9-5-6-10-22(20)29-23)18(2)17-27(3)14-7-8-15-27;/h4-12,16,18H,1,13-15,17H2,2-3H3;1H. The van der Waals surface area contributed by atoms with Crippen molar-refractivity contribution in [1.82, 2.24) is 5.32 Å². The van der Waals surface area contributed by atoms with E-state index >= 15 is 0 Å². The third-order valence-electron chi connectivity index (χ3n) is 5.64. The van der Waals surface area contributed by atoms with Crippen LogP contribution in [0.3, 0.4) is 0 Å². The summed E-state index contributed by atoms with van der Waals surface area (Å²) in [5, 5.41) is 2.89. The van der Waals surface area contributed by atoms with E-state index in [4.69, 9.17) is 0 Å². The average Bonchev–Trinajstić information content (AvgIpc) is 3.15. The van der Waals surface area contributed by atoms with Crippen molar-refractivity contribution in [3.8, 4) is 0 Å². The van der Waals surface area contributed by atoms with Gasteiger partial charge in [-0.15, -0.1) is 6.58 Å². The van der Waals surface area contributed by atoms with Crippen LogP contribution in [0, 0.1) is 0 Å². The normalized spacial score (nSPS) is 16.8. The fourth-order valence-electron chi connectivity index (χ4n) is 4.27. The molecule has 2 aromatic rings. The van der Waals surface area contributed by atoms with Crippen LogP contribution in [0.15, 0.2) is 77.1 Å². The Morgan fingerprint density at radius 3 is 2.63 bits per heavy atom. The quantitative estimate of drug-likeness (QED) is 0.348. The van der Waals surface area contributed by atoms with Crippen LogP contribution in [0.1, 0.15) is 17.3 Å². The average molecular weight is 533 g/mol. The molecule has 4 rings (SSSR count). The monoisotopic (exact) mass is 533 g/mol. The highest BCUT2D eigenvalue weighted by atomic mass is 127. The molecule has 0 saturated heterocycles. The summed E-state index contributed by atoms with van der Waals surface area (Å²) < 4.78 is 1.02. The lowest BCUT2D eigenvalue weighted by molar-refractivity contribution is -0.894. The van der Waals surface area contributed by atoms with Gasteiger partial charge in [0.2, 0.25) is 0 Å². The summed E-state index contributed by atoms with van der Waals surface area (Å²) in [6.07, 6.45) is 6.26. The van der Waals surface area contributed by atoms with Gasteiger partial charge in [0.1, 0.15) is 0 Å². The number of carbonyl (C=O) groups is 1. The van der Waals surface area contributed by atoms with E-state index in [1.165, 1.54) is 15.5 Å². The Kier molecular flexibility index (Phi) is 7.31. The second-order valence-electron chi connectivity index (χ2n) is 8.11. The molecule has 0 fully saturated rings. The maximum Gasteiger partial charge on any atom is 0.251 e. The summed E-state index contributed by atoms with van der Waals surface area (Å²) in [5.41, 5.74) is 3.03. The zero-order valence-corrected chi connectivity index (χ0v) is 20.4. The number of hydrogen-bond acceptors (Lipinski definition) is 3. The van der Waals surface area contributed by atoms with Crippen molar-refractivity contribution in [3.63, 3.8) is 0 Å². The van der Waals surface area contributed by atoms with Gasteiger partial charge in [-0.3, -0.25) is 4.79 Å². The lowest BCUT2D eigenvalue weighted by Gasteiger charge is -2.41. The van der Waals surface area contributed by atoms with Crippen LogP contribution in [0.4, 0.5) is 11.4 Å². The van der Waals surface area contributed by atoms with Gasteiger partial charge in [-0.05, 0) is 49.4 Å². The predicted octanol–water partition coefficient (Wildman–Crippen LogP) is 1.61. The van der Waals surface area contributed by atoms with Gasteiger partial charge in [-0.25, -0.2) is 0 Å². The van der Waals surface area contributed by atoms with Crippen LogP contribution < -0.4 is 34.2 Å². The smallest absolute Gasteiger partial charge is 0.251 e. The van der Waals surface area contributed by atoms with Crippen LogP contribution in [-0.2, 0) is 0 Å². The predicted molar refractivity (Wildman–Crippen MR) is 121 cm³/mol. The fourth-order valence-corrected chi connectivity index (χ4v) is 5.32. The van der Waals surface area contributed by atoms with Crippen molar-refractivity contribution in [2.45, 2.75) is 22.8 Å². The lowest BCUT2D eigenvalue weighted by atomic mass is 10.1. The molecule has 2 heterocycles. The van der Waals surface area contributed by atoms with Crippen LogP contribution in [0.2, 0.25) is 0 Å². The summed E-state index contributed by atoms with van der Waals surface area (Å²) in [6, 6.07) is 14.9. The molecule has 30 heavy (non-hydrogen) atoms.